The third kappa shape index (κ3) is 1.71. The largest absolute Gasteiger partial charge is 0.492 e. The molecule has 0 aliphatic carbocycles. The molecule has 0 spiro atoms. The summed E-state index contributed by atoms with van der Waals surface area (Å²) in [6.07, 6.45) is 0.871. The Morgan fingerprint density at radius 3 is 2.45 bits per heavy atom. The van der Waals surface area contributed by atoms with Crippen molar-refractivity contribution in [2.75, 3.05) is 0 Å². The van der Waals surface area contributed by atoms with Crippen LogP contribution in [0.15, 0.2) is 0 Å². The van der Waals surface area contributed by atoms with Crippen LogP contribution in [0.25, 0.3) is 0 Å². The molecule has 1 aromatic heterocycles. The third-order valence-corrected chi connectivity index (χ3v) is 3.00. The molecule has 0 aromatic carbocycles. The molecule has 0 amide bonds. The van der Waals surface area contributed by atoms with Gasteiger partial charge < -0.3 is 5.11 Å². The van der Waals surface area contributed by atoms with Crippen LogP contribution in [-0.2, 0) is 6.42 Å². The molecule has 0 fully saturated rings. The predicted octanol–water partition coefficient (Wildman–Crippen LogP) is 2.53. The van der Waals surface area contributed by atoms with E-state index in [9.17, 15) is 5.11 Å². The Morgan fingerprint density at radius 2 is 2.18 bits per heavy atom. The van der Waals surface area contributed by atoms with Gasteiger partial charge in [-0.3, -0.25) is 0 Å². The molecule has 2 nitrogen and oxygen atoms in total. The average Bonchev–Trinajstić information content (AvgIpc) is 2.31. The second kappa shape index (κ2) is 3.22. The summed E-state index contributed by atoms with van der Waals surface area (Å²) >= 11 is 1.61. The number of aromatic hydroxyl groups is 1. The van der Waals surface area contributed by atoms with Gasteiger partial charge in [0.1, 0.15) is 0 Å². The lowest BCUT2D eigenvalue weighted by molar-refractivity contribution is 0.449. The fourth-order valence-electron chi connectivity index (χ4n) is 0.839. The highest BCUT2D eigenvalue weighted by Gasteiger charge is 2.10. The van der Waals surface area contributed by atoms with E-state index in [2.05, 4.69) is 18.8 Å². The van der Waals surface area contributed by atoms with Gasteiger partial charge in [-0.25, -0.2) is 4.98 Å². The number of nitrogens with zero attached hydrogens (tertiary/aromatic N) is 1. The van der Waals surface area contributed by atoms with Crippen LogP contribution in [0, 0.1) is 0 Å². The molecule has 0 saturated heterocycles. The second-order valence-corrected chi connectivity index (χ2v) is 3.92. The Kier molecular flexibility index (Phi) is 2.49. The van der Waals surface area contributed by atoms with Gasteiger partial charge in [0, 0.05) is 5.92 Å². The zero-order chi connectivity index (χ0) is 8.43. The van der Waals surface area contributed by atoms with Crippen molar-refractivity contribution in [2.24, 2.45) is 0 Å². The van der Waals surface area contributed by atoms with Crippen molar-refractivity contribution in [3.8, 4) is 5.88 Å². The Morgan fingerprint density at radius 1 is 1.55 bits per heavy atom. The quantitative estimate of drug-likeness (QED) is 0.741. The van der Waals surface area contributed by atoms with Gasteiger partial charge in [-0.1, -0.05) is 20.8 Å². The van der Waals surface area contributed by atoms with Gasteiger partial charge in [0.25, 0.3) is 0 Å². The number of rotatable bonds is 2. The molecule has 11 heavy (non-hydrogen) atoms. The van der Waals surface area contributed by atoms with Crippen LogP contribution in [-0.4, -0.2) is 10.1 Å². The number of thiazole rings is 1. The molecule has 1 aromatic rings. The predicted molar refractivity (Wildman–Crippen MR) is 47.2 cm³/mol. The molecule has 0 unspecified atom stereocenters. The molecule has 0 radical (unpaired) electrons. The van der Waals surface area contributed by atoms with Crippen LogP contribution < -0.4 is 0 Å². The van der Waals surface area contributed by atoms with E-state index in [1.807, 2.05) is 6.92 Å². The third-order valence-electron chi connectivity index (χ3n) is 1.51. The number of hydrogen-bond donors (Lipinski definition) is 1. The van der Waals surface area contributed by atoms with E-state index in [1.54, 1.807) is 11.3 Å². The van der Waals surface area contributed by atoms with Crippen LogP contribution in [0.2, 0.25) is 0 Å². The van der Waals surface area contributed by atoms with Gasteiger partial charge in [0.2, 0.25) is 5.88 Å². The topological polar surface area (TPSA) is 33.1 Å². The SMILES string of the molecule is CCc1sc(C(C)C)nc1O. The van der Waals surface area contributed by atoms with Crippen molar-refractivity contribution in [3.05, 3.63) is 9.88 Å². The summed E-state index contributed by atoms with van der Waals surface area (Å²) in [5.41, 5.74) is 0. The first-order chi connectivity index (χ1) is 5.15. The van der Waals surface area contributed by atoms with E-state index in [0.29, 0.717) is 5.92 Å². The van der Waals surface area contributed by atoms with E-state index in [-0.39, 0.29) is 5.88 Å². The highest BCUT2D eigenvalue weighted by molar-refractivity contribution is 7.12. The number of hydrogen-bond acceptors (Lipinski definition) is 3. The summed E-state index contributed by atoms with van der Waals surface area (Å²) in [4.78, 5) is 5.05. The van der Waals surface area contributed by atoms with Gasteiger partial charge >= 0.3 is 0 Å². The Bertz CT molecular complexity index is 242. The summed E-state index contributed by atoms with van der Waals surface area (Å²) in [6.45, 7) is 6.19. The maximum Gasteiger partial charge on any atom is 0.225 e. The van der Waals surface area contributed by atoms with Crippen molar-refractivity contribution in [2.45, 2.75) is 33.1 Å². The van der Waals surface area contributed by atoms with E-state index < -0.39 is 0 Å². The van der Waals surface area contributed by atoms with Gasteiger partial charge in [-0.15, -0.1) is 11.3 Å². The lowest BCUT2D eigenvalue weighted by Crippen LogP contribution is -1.82. The maximum absolute atomic E-state index is 9.28. The molecule has 0 aliphatic heterocycles. The number of aryl methyl sites for hydroxylation is 1. The van der Waals surface area contributed by atoms with E-state index in [0.717, 1.165) is 16.3 Å². The first-order valence-corrected chi connectivity index (χ1v) is 4.65. The summed E-state index contributed by atoms with van der Waals surface area (Å²) < 4.78 is 0. The second-order valence-electron chi connectivity index (χ2n) is 2.81. The molecule has 1 N–H and O–H groups in total. The highest BCUT2D eigenvalue weighted by Crippen LogP contribution is 2.28. The van der Waals surface area contributed by atoms with Crippen LogP contribution >= 0.6 is 11.3 Å². The van der Waals surface area contributed by atoms with Crippen LogP contribution in [0.4, 0.5) is 0 Å². The standard InChI is InChI=1S/C8H13NOS/c1-4-6-7(10)9-8(11-6)5(2)3/h5,10H,4H2,1-3H3. The zero-order valence-corrected chi connectivity index (χ0v) is 7.90. The van der Waals surface area contributed by atoms with Crippen LogP contribution in [0.5, 0.6) is 5.88 Å². The van der Waals surface area contributed by atoms with Gasteiger partial charge in [0.05, 0.1) is 9.88 Å². The summed E-state index contributed by atoms with van der Waals surface area (Å²) in [7, 11) is 0. The fourth-order valence-corrected chi connectivity index (χ4v) is 1.74. The molecule has 0 saturated carbocycles. The fraction of sp³-hybridized carbons (Fsp3) is 0.625. The van der Waals surface area contributed by atoms with Crippen molar-refractivity contribution in [1.82, 2.24) is 4.98 Å². The van der Waals surface area contributed by atoms with E-state index in [4.69, 9.17) is 0 Å². The van der Waals surface area contributed by atoms with E-state index >= 15 is 0 Å². The Labute approximate surface area is 70.9 Å². The molecule has 0 aliphatic rings. The molecule has 3 heteroatoms. The smallest absolute Gasteiger partial charge is 0.225 e. The molecule has 1 rings (SSSR count). The van der Waals surface area contributed by atoms with Crippen molar-refractivity contribution in [1.29, 1.82) is 0 Å². The lowest BCUT2D eigenvalue weighted by atomic mass is 10.2. The minimum atomic E-state index is 0.223. The molecular weight excluding hydrogens is 158 g/mol. The normalized spacial score (nSPS) is 10.9. The van der Waals surface area contributed by atoms with Gasteiger partial charge in [-0.05, 0) is 6.42 Å². The lowest BCUT2D eigenvalue weighted by Gasteiger charge is -1.94. The van der Waals surface area contributed by atoms with Crippen LogP contribution in [0.3, 0.4) is 0 Å². The minimum absolute atomic E-state index is 0.223. The first kappa shape index (κ1) is 8.53. The van der Waals surface area contributed by atoms with Gasteiger partial charge in [0.15, 0.2) is 0 Å². The van der Waals surface area contributed by atoms with Crippen molar-refractivity contribution < 1.29 is 5.11 Å². The van der Waals surface area contributed by atoms with Crippen LogP contribution in [0.1, 0.15) is 36.6 Å². The highest BCUT2D eigenvalue weighted by atomic mass is 32.1. The Balaban J connectivity index is 2.95. The summed E-state index contributed by atoms with van der Waals surface area (Å²) in [6, 6.07) is 0. The first-order valence-electron chi connectivity index (χ1n) is 3.83. The minimum Gasteiger partial charge on any atom is -0.492 e. The number of aromatic nitrogens is 1. The molecule has 1 heterocycles. The van der Waals surface area contributed by atoms with Crippen molar-refractivity contribution >= 4 is 11.3 Å². The monoisotopic (exact) mass is 171 g/mol. The summed E-state index contributed by atoms with van der Waals surface area (Å²) in [5.74, 6) is 0.646. The molecular formula is C8H13NOS. The van der Waals surface area contributed by atoms with Crippen molar-refractivity contribution in [3.63, 3.8) is 0 Å². The molecule has 0 atom stereocenters. The van der Waals surface area contributed by atoms with Gasteiger partial charge in [-0.2, -0.15) is 0 Å². The molecule has 0 bridgehead atoms. The van der Waals surface area contributed by atoms with E-state index in [1.165, 1.54) is 0 Å². The average molecular weight is 171 g/mol. The maximum atomic E-state index is 9.28. The summed E-state index contributed by atoms with van der Waals surface area (Å²) in [5, 5.41) is 10.3. The Hall–Kier alpha value is -0.570. The molecule has 62 valence electrons. The zero-order valence-electron chi connectivity index (χ0n) is 7.09.